The van der Waals surface area contributed by atoms with Gasteiger partial charge in [-0.25, -0.2) is 0 Å². The molecule has 0 aromatic rings. The summed E-state index contributed by atoms with van der Waals surface area (Å²) in [6.07, 6.45) is 10.1. The van der Waals surface area contributed by atoms with Crippen molar-refractivity contribution in [3.8, 4) is 0 Å². The van der Waals surface area contributed by atoms with Gasteiger partial charge in [0.05, 0.1) is 0 Å². The fourth-order valence-electron chi connectivity index (χ4n) is 1.12. The van der Waals surface area contributed by atoms with E-state index >= 15 is 0 Å². The molecule has 64 valence electrons. The van der Waals surface area contributed by atoms with Gasteiger partial charge in [0.2, 0.25) is 0 Å². The third-order valence-electron chi connectivity index (χ3n) is 2.07. The highest BCUT2D eigenvalue weighted by atomic mass is 14.8. The van der Waals surface area contributed by atoms with Crippen LogP contribution >= 0.6 is 0 Å². The Balaban J connectivity index is 1.80. The Kier molecular flexibility index (Phi) is 4.29. The zero-order valence-corrected chi connectivity index (χ0v) is 7.47. The van der Waals surface area contributed by atoms with Crippen molar-refractivity contribution in [3.05, 3.63) is 12.2 Å². The zero-order chi connectivity index (χ0) is 7.94. The van der Waals surface area contributed by atoms with Crippen molar-refractivity contribution in [2.75, 3.05) is 13.1 Å². The average molecular weight is 153 g/mol. The second-order valence-electron chi connectivity index (χ2n) is 3.29. The van der Waals surface area contributed by atoms with Gasteiger partial charge in [-0.2, -0.15) is 0 Å². The molecule has 1 heteroatoms. The molecule has 1 aliphatic carbocycles. The first kappa shape index (κ1) is 8.79. The molecular formula is C10H19N. The minimum atomic E-state index is 1.05. The monoisotopic (exact) mass is 153 g/mol. The molecule has 0 unspecified atom stereocenters. The maximum atomic E-state index is 3.30. The Labute approximate surface area is 69.9 Å². The van der Waals surface area contributed by atoms with Crippen molar-refractivity contribution in [2.45, 2.75) is 32.6 Å². The van der Waals surface area contributed by atoms with Crippen LogP contribution in [0.5, 0.6) is 0 Å². The molecule has 1 N–H and O–H groups in total. The van der Waals surface area contributed by atoms with Crippen molar-refractivity contribution >= 4 is 0 Å². The van der Waals surface area contributed by atoms with E-state index in [0.717, 1.165) is 19.0 Å². The van der Waals surface area contributed by atoms with E-state index in [2.05, 4.69) is 24.4 Å². The van der Waals surface area contributed by atoms with Gasteiger partial charge in [0.1, 0.15) is 0 Å². The van der Waals surface area contributed by atoms with E-state index in [-0.39, 0.29) is 0 Å². The third-order valence-corrected chi connectivity index (χ3v) is 2.07. The first-order chi connectivity index (χ1) is 5.43. The van der Waals surface area contributed by atoms with E-state index < -0.39 is 0 Å². The molecule has 0 spiro atoms. The summed E-state index contributed by atoms with van der Waals surface area (Å²) in [5, 5.41) is 3.30. The number of nitrogens with one attached hydrogen (secondary N) is 1. The van der Waals surface area contributed by atoms with Crippen molar-refractivity contribution in [2.24, 2.45) is 5.92 Å². The van der Waals surface area contributed by atoms with E-state index in [0.29, 0.717) is 0 Å². The fourth-order valence-corrected chi connectivity index (χ4v) is 1.12. The topological polar surface area (TPSA) is 12.0 Å². The fraction of sp³-hybridized carbons (Fsp3) is 0.800. The molecule has 0 heterocycles. The van der Waals surface area contributed by atoms with Gasteiger partial charge in [0.15, 0.2) is 0 Å². The molecule has 0 aromatic carbocycles. The minimum Gasteiger partial charge on any atom is -0.317 e. The van der Waals surface area contributed by atoms with Gasteiger partial charge in [-0.3, -0.25) is 0 Å². The van der Waals surface area contributed by atoms with Crippen LogP contribution in [0.4, 0.5) is 0 Å². The molecule has 1 nitrogen and oxygen atoms in total. The summed E-state index contributed by atoms with van der Waals surface area (Å²) < 4.78 is 0. The number of hydrogen-bond donors (Lipinski definition) is 1. The van der Waals surface area contributed by atoms with Crippen LogP contribution in [0, 0.1) is 5.92 Å². The average Bonchev–Trinajstić information content (AvgIpc) is 2.80. The molecule has 11 heavy (non-hydrogen) atoms. The third kappa shape index (κ3) is 5.02. The molecule has 0 aromatic heterocycles. The van der Waals surface area contributed by atoms with Crippen LogP contribution < -0.4 is 5.32 Å². The van der Waals surface area contributed by atoms with Gasteiger partial charge < -0.3 is 5.32 Å². The van der Waals surface area contributed by atoms with Gasteiger partial charge >= 0.3 is 0 Å². The lowest BCUT2D eigenvalue weighted by atomic mass is 10.2. The maximum Gasteiger partial charge on any atom is -0.00144 e. The molecule has 1 saturated carbocycles. The minimum absolute atomic E-state index is 1.05. The van der Waals surface area contributed by atoms with Crippen LogP contribution in [-0.2, 0) is 0 Å². The predicted molar refractivity (Wildman–Crippen MR) is 49.6 cm³/mol. The number of allylic oxidation sites excluding steroid dienone is 1. The predicted octanol–water partition coefficient (Wildman–Crippen LogP) is 2.34. The lowest BCUT2D eigenvalue weighted by molar-refractivity contribution is 0.724. The summed E-state index contributed by atoms with van der Waals surface area (Å²) in [6, 6.07) is 0. The molecule has 0 amide bonds. The Bertz CT molecular complexity index is 114. The van der Waals surface area contributed by atoms with Crippen LogP contribution in [0.2, 0.25) is 0 Å². The van der Waals surface area contributed by atoms with E-state index in [4.69, 9.17) is 0 Å². The second-order valence-corrected chi connectivity index (χ2v) is 3.29. The summed E-state index contributed by atoms with van der Waals surface area (Å²) in [7, 11) is 0. The molecule has 0 atom stereocenters. The van der Waals surface area contributed by atoms with Crippen molar-refractivity contribution in [3.63, 3.8) is 0 Å². The van der Waals surface area contributed by atoms with Crippen molar-refractivity contribution < 1.29 is 0 Å². The normalized spacial score (nSPS) is 17.9. The second kappa shape index (κ2) is 5.36. The van der Waals surface area contributed by atoms with E-state index in [9.17, 15) is 0 Å². The highest BCUT2D eigenvalue weighted by Gasteiger charge is 2.18. The first-order valence-corrected chi connectivity index (χ1v) is 4.79. The van der Waals surface area contributed by atoms with Gasteiger partial charge in [-0.15, -0.1) is 0 Å². The lowest BCUT2D eigenvalue weighted by Crippen LogP contribution is -2.12. The van der Waals surface area contributed by atoms with Gasteiger partial charge in [-0.1, -0.05) is 19.1 Å². The van der Waals surface area contributed by atoms with Crippen LogP contribution in [0.3, 0.4) is 0 Å². The number of hydrogen-bond acceptors (Lipinski definition) is 1. The summed E-state index contributed by atoms with van der Waals surface area (Å²) >= 11 is 0. The van der Waals surface area contributed by atoms with Gasteiger partial charge in [-0.05, 0) is 44.7 Å². The van der Waals surface area contributed by atoms with E-state index in [1.54, 1.807) is 0 Å². The Morgan fingerprint density at radius 3 is 2.82 bits per heavy atom. The first-order valence-electron chi connectivity index (χ1n) is 4.79. The molecule has 0 saturated heterocycles. The van der Waals surface area contributed by atoms with Crippen molar-refractivity contribution in [1.29, 1.82) is 0 Å². The summed E-state index contributed by atoms with van der Waals surface area (Å²) in [5.41, 5.74) is 0. The highest BCUT2D eigenvalue weighted by Crippen LogP contribution is 2.32. The maximum absolute atomic E-state index is 3.30. The summed E-state index contributed by atoms with van der Waals surface area (Å²) in [6.45, 7) is 4.38. The molecule has 1 aliphatic rings. The van der Waals surface area contributed by atoms with Crippen LogP contribution in [0.1, 0.15) is 32.6 Å². The Morgan fingerprint density at radius 1 is 1.36 bits per heavy atom. The molecule has 0 aliphatic heterocycles. The SMILES string of the molecule is CCNCCC=CCC1CC1. The quantitative estimate of drug-likeness (QED) is 0.456. The van der Waals surface area contributed by atoms with Gasteiger partial charge in [0, 0.05) is 0 Å². The highest BCUT2D eigenvalue weighted by molar-refractivity contribution is 4.88. The van der Waals surface area contributed by atoms with Crippen LogP contribution in [0.15, 0.2) is 12.2 Å². The van der Waals surface area contributed by atoms with Crippen LogP contribution in [-0.4, -0.2) is 13.1 Å². The number of rotatable bonds is 6. The largest absolute Gasteiger partial charge is 0.317 e. The lowest BCUT2D eigenvalue weighted by Gasteiger charge is -1.94. The van der Waals surface area contributed by atoms with Crippen LogP contribution in [0.25, 0.3) is 0 Å². The summed E-state index contributed by atoms with van der Waals surface area (Å²) in [5.74, 6) is 1.05. The molecule has 1 fully saturated rings. The van der Waals surface area contributed by atoms with E-state index in [1.807, 2.05) is 0 Å². The smallest absolute Gasteiger partial charge is 0.00144 e. The molecule has 1 rings (SSSR count). The standard InChI is InChI=1S/C10H19N/c1-2-11-9-5-3-4-6-10-7-8-10/h3-4,10-11H,2,5-9H2,1H3. The van der Waals surface area contributed by atoms with Crippen molar-refractivity contribution in [1.82, 2.24) is 5.32 Å². The molecular weight excluding hydrogens is 134 g/mol. The zero-order valence-electron chi connectivity index (χ0n) is 7.47. The Hall–Kier alpha value is -0.300. The molecule has 0 radical (unpaired) electrons. The Morgan fingerprint density at radius 2 is 2.18 bits per heavy atom. The summed E-state index contributed by atoms with van der Waals surface area (Å²) in [4.78, 5) is 0. The molecule has 0 bridgehead atoms. The van der Waals surface area contributed by atoms with E-state index in [1.165, 1.54) is 25.7 Å². The van der Waals surface area contributed by atoms with Gasteiger partial charge in [0.25, 0.3) is 0 Å².